The number of benzene rings is 1. The highest BCUT2D eigenvalue weighted by molar-refractivity contribution is 7.99. The standard InChI is InChI=1S/C16H23N3O2S.ClH/c1-12-3-4-13(16(21)19-7-9-22-10-8-19)11-14(12)18-15(20)5-6-17-2;/h3-4,11,17H,5-10H2,1-2H3,(H,18,20);1H. The topological polar surface area (TPSA) is 61.4 Å². The van der Waals surface area contributed by atoms with Crippen molar-refractivity contribution in [3.05, 3.63) is 29.3 Å². The molecule has 23 heavy (non-hydrogen) atoms. The summed E-state index contributed by atoms with van der Waals surface area (Å²) in [5, 5.41) is 5.84. The van der Waals surface area contributed by atoms with Gasteiger partial charge in [0, 0.05) is 48.8 Å². The fourth-order valence-corrected chi connectivity index (χ4v) is 3.19. The third-order valence-corrected chi connectivity index (χ3v) is 4.60. The zero-order chi connectivity index (χ0) is 15.9. The Morgan fingerprint density at radius 2 is 1.96 bits per heavy atom. The third-order valence-electron chi connectivity index (χ3n) is 3.66. The molecule has 1 aliphatic heterocycles. The number of thioether (sulfide) groups is 1. The van der Waals surface area contributed by atoms with E-state index in [1.807, 2.05) is 42.8 Å². The number of carbonyl (C=O) groups excluding carboxylic acids is 2. The zero-order valence-corrected chi connectivity index (χ0v) is 15.2. The van der Waals surface area contributed by atoms with Crippen molar-refractivity contribution < 1.29 is 9.59 Å². The van der Waals surface area contributed by atoms with E-state index in [-0.39, 0.29) is 24.2 Å². The zero-order valence-electron chi connectivity index (χ0n) is 13.6. The second-order valence-corrected chi connectivity index (χ2v) is 6.56. The molecular weight excluding hydrogens is 334 g/mol. The first-order valence-electron chi connectivity index (χ1n) is 7.54. The van der Waals surface area contributed by atoms with Gasteiger partial charge in [0.25, 0.3) is 5.91 Å². The van der Waals surface area contributed by atoms with Crippen LogP contribution in [0.25, 0.3) is 0 Å². The molecule has 1 fully saturated rings. The van der Waals surface area contributed by atoms with Crippen LogP contribution < -0.4 is 10.6 Å². The molecule has 0 bridgehead atoms. The summed E-state index contributed by atoms with van der Waals surface area (Å²) in [6.07, 6.45) is 0.414. The van der Waals surface area contributed by atoms with Crippen LogP contribution in [0.2, 0.25) is 0 Å². The molecule has 5 nitrogen and oxygen atoms in total. The van der Waals surface area contributed by atoms with Crippen molar-refractivity contribution in [2.24, 2.45) is 0 Å². The van der Waals surface area contributed by atoms with Crippen LogP contribution in [0.4, 0.5) is 5.69 Å². The Morgan fingerprint density at radius 1 is 1.26 bits per heavy atom. The van der Waals surface area contributed by atoms with E-state index in [9.17, 15) is 9.59 Å². The van der Waals surface area contributed by atoms with Gasteiger partial charge >= 0.3 is 0 Å². The van der Waals surface area contributed by atoms with Gasteiger partial charge in [0.1, 0.15) is 0 Å². The van der Waals surface area contributed by atoms with E-state index in [1.54, 1.807) is 6.07 Å². The summed E-state index contributed by atoms with van der Waals surface area (Å²) in [4.78, 5) is 26.3. The van der Waals surface area contributed by atoms with Gasteiger partial charge in [-0.3, -0.25) is 9.59 Å². The van der Waals surface area contributed by atoms with Gasteiger partial charge in [-0.1, -0.05) is 6.07 Å². The molecule has 2 rings (SSSR count). The largest absolute Gasteiger partial charge is 0.337 e. The molecule has 0 aliphatic carbocycles. The maximum Gasteiger partial charge on any atom is 0.253 e. The van der Waals surface area contributed by atoms with Crippen LogP contribution in [0.5, 0.6) is 0 Å². The molecular formula is C16H24ClN3O2S. The highest BCUT2D eigenvalue weighted by Crippen LogP contribution is 2.20. The van der Waals surface area contributed by atoms with Crippen LogP contribution >= 0.6 is 24.2 Å². The lowest BCUT2D eigenvalue weighted by Crippen LogP contribution is -2.37. The molecule has 1 aliphatic rings. The number of aryl methyl sites for hydroxylation is 1. The Balaban J connectivity index is 0.00000264. The number of rotatable bonds is 5. The van der Waals surface area contributed by atoms with Crippen LogP contribution in [0.3, 0.4) is 0 Å². The lowest BCUT2D eigenvalue weighted by atomic mass is 10.1. The SMILES string of the molecule is CNCCC(=O)Nc1cc(C(=O)N2CCSCC2)ccc1C.Cl. The maximum atomic E-state index is 12.5. The number of nitrogens with zero attached hydrogens (tertiary/aromatic N) is 1. The number of carbonyl (C=O) groups is 2. The van der Waals surface area contributed by atoms with E-state index in [4.69, 9.17) is 0 Å². The molecule has 1 aromatic rings. The Bertz CT molecular complexity index is 548. The van der Waals surface area contributed by atoms with Crippen LogP contribution in [-0.2, 0) is 4.79 Å². The summed E-state index contributed by atoms with van der Waals surface area (Å²) in [7, 11) is 1.81. The smallest absolute Gasteiger partial charge is 0.253 e. The minimum Gasteiger partial charge on any atom is -0.337 e. The molecule has 1 heterocycles. The fraction of sp³-hybridized carbons (Fsp3) is 0.500. The van der Waals surface area contributed by atoms with E-state index in [2.05, 4.69) is 10.6 Å². The molecule has 2 N–H and O–H groups in total. The van der Waals surface area contributed by atoms with Crippen molar-refractivity contribution in [3.8, 4) is 0 Å². The second-order valence-electron chi connectivity index (χ2n) is 5.34. The monoisotopic (exact) mass is 357 g/mol. The predicted molar refractivity (Wildman–Crippen MR) is 98.8 cm³/mol. The van der Waals surface area contributed by atoms with E-state index in [0.717, 1.165) is 35.8 Å². The minimum absolute atomic E-state index is 0. The highest BCUT2D eigenvalue weighted by Gasteiger charge is 2.19. The molecule has 0 radical (unpaired) electrons. The Labute approximate surface area is 148 Å². The van der Waals surface area contributed by atoms with Gasteiger partial charge in [-0.15, -0.1) is 12.4 Å². The molecule has 0 unspecified atom stereocenters. The van der Waals surface area contributed by atoms with Gasteiger partial charge in [-0.25, -0.2) is 0 Å². The van der Waals surface area contributed by atoms with Crippen LogP contribution in [0, 0.1) is 6.92 Å². The van der Waals surface area contributed by atoms with Crippen molar-refractivity contribution in [3.63, 3.8) is 0 Å². The number of hydrogen-bond donors (Lipinski definition) is 2. The molecule has 128 valence electrons. The molecule has 0 spiro atoms. The van der Waals surface area contributed by atoms with E-state index in [1.165, 1.54) is 0 Å². The van der Waals surface area contributed by atoms with Gasteiger partial charge in [0.05, 0.1) is 0 Å². The van der Waals surface area contributed by atoms with Crippen LogP contribution in [0.1, 0.15) is 22.3 Å². The molecule has 2 amide bonds. The normalized spacial score (nSPS) is 14.1. The van der Waals surface area contributed by atoms with Crippen molar-refractivity contribution in [2.45, 2.75) is 13.3 Å². The Morgan fingerprint density at radius 3 is 2.61 bits per heavy atom. The number of hydrogen-bond acceptors (Lipinski definition) is 4. The molecule has 0 atom stereocenters. The minimum atomic E-state index is -0.0450. The summed E-state index contributed by atoms with van der Waals surface area (Å²) in [6, 6.07) is 5.51. The summed E-state index contributed by atoms with van der Waals surface area (Å²) in [5.41, 5.74) is 2.32. The van der Waals surface area contributed by atoms with Gasteiger partial charge in [-0.2, -0.15) is 11.8 Å². The van der Waals surface area contributed by atoms with Gasteiger partial charge in [0.15, 0.2) is 0 Å². The lowest BCUT2D eigenvalue weighted by molar-refractivity contribution is -0.116. The maximum absolute atomic E-state index is 12.5. The number of nitrogens with one attached hydrogen (secondary N) is 2. The Kier molecular flexibility index (Phi) is 8.44. The first-order chi connectivity index (χ1) is 10.6. The average molecular weight is 358 g/mol. The van der Waals surface area contributed by atoms with E-state index < -0.39 is 0 Å². The van der Waals surface area contributed by atoms with Crippen molar-refractivity contribution in [1.29, 1.82) is 0 Å². The van der Waals surface area contributed by atoms with Crippen molar-refractivity contribution in [2.75, 3.05) is 43.5 Å². The third kappa shape index (κ3) is 5.71. The van der Waals surface area contributed by atoms with E-state index >= 15 is 0 Å². The first kappa shape index (κ1) is 19.8. The highest BCUT2D eigenvalue weighted by atomic mass is 35.5. The summed E-state index contributed by atoms with van der Waals surface area (Å²) in [5.74, 6) is 1.98. The van der Waals surface area contributed by atoms with Gasteiger partial charge in [0.2, 0.25) is 5.91 Å². The second kappa shape index (κ2) is 9.80. The number of anilines is 1. The molecule has 0 saturated carbocycles. The average Bonchev–Trinajstić information content (AvgIpc) is 2.55. The van der Waals surface area contributed by atoms with Crippen LogP contribution in [0.15, 0.2) is 18.2 Å². The summed E-state index contributed by atoms with van der Waals surface area (Å²) >= 11 is 1.88. The van der Waals surface area contributed by atoms with Gasteiger partial charge < -0.3 is 15.5 Å². The van der Waals surface area contributed by atoms with E-state index in [0.29, 0.717) is 18.5 Å². The lowest BCUT2D eigenvalue weighted by Gasteiger charge is -2.26. The molecule has 1 saturated heterocycles. The number of amides is 2. The molecule has 1 aromatic carbocycles. The molecule has 7 heteroatoms. The van der Waals surface area contributed by atoms with Gasteiger partial charge in [-0.05, 0) is 31.7 Å². The first-order valence-corrected chi connectivity index (χ1v) is 8.69. The molecule has 0 aromatic heterocycles. The van der Waals surface area contributed by atoms with Crippen molar-refractivity contribution >= 4 is 41.7 Å². The fourth-order valence-electron chi connectivity index (χ4n) is 2.29. The summed E-state index contributed by atoms with van der Waals surface area (Å²) in [6.45, 7) is 4.15. The predicted octanol–water partition coefficient (Wildman–Crippen LogP) is 2.15. The summed E-state index contributed by atoms with van der Waals surface area (Å²) < 4.78 is 0. The van der Waals surface area contributed by atoms with Crippen molar-refractivity contribution in [1.82, 2.24) is 10.2 Å². The number of halogens is 1. The Hall–Kier alpha value is -1.24. The quantitative estimate of drug-likeness (QED) is 0.847. The van der Waals surface area contributed by atoms with Crippen LogP contribution in [-0.4, -0.2) is 54.9 Å².